The van der Waals surface area contributed by atoms with E-state index >= 15 is 0 Å². The van der Waals surface area contributed by atoms with E-state index in [-0.39, 0.29) is 22.1 Å². The van der Waals surface area contributed by atoms with Gasteiger partial charge in [0.1, 0.15) is 12.4 Å². The van der Waals surface area contributed by atoms with E-state index < -0.39 is 41.5 Å². The Kier molecular flexibility index (Phi) is 7.34. The molecule has 1 saturated heterocycles. The molecule has 33 heavy (non-hydrogen) atoms. The largest absolute Gasteiger partial charge is 0.493 e. The lowest BCUT2D eigenvalue weighted by Crippen LogP contribution is -2.36. The Labute approximate surface area is 192 Å². The van der Waals surface area contributed by atoms with Crippen LogP contribution < -0.4 is 14.8 Å². The maximum absolute atomic E-state index is 13.7. The summed E-state index contributed by atoms with van der Waals surface area (Å²) in [6.07, 6.45) is 0.337. The van der Waals surface area contributed by atoms with E-state index in [4.69, 9.17) is 14.6 Å². The Morgan fingerprint density at radius 2 is 1.94 bits per heavy atom. The molecule has 1 heterocycles. The van der Waals surface area contributed by atoms with Gasteiger partial charge >= 0.3 is 5.97 Å². The maximum Gasteiger partial charge on any atom is 0.344 e. The van der Waals surface area contributed by atoms with E-state index in [1.54, 1.807) is 6.07 Å². The van der Waals surface area contributed by atoms with Gasteiger partial charge in [-0.3, -0.25) is 19.3 Å². The van der Waals surface area contributed by atoms with E-state index in [0.717, 1.165) is 4.90 Å². The van der Waals surface area contributed by atoms with Gasteiger partial charge in [0.25, 0.3) is 11.1 Å². The lowest BCUT2D eigenvalue weighted by molar-refractivity contribution is -0.144. The molecule has 1 unspecified atom stereocenters. The van der Waals surface area contributed by atoms with E-state index in [0.29, 0.717) is 17.3 Å². The number of hydrogen-bond donors (Lipinski definition) is 2. The van der Waals surface area contributed by atoms with Gasteiger partial charge in [0, 0.05) is 0 Å². The number of imide groups is 1. The second kappa shape index (κ2) is 10.2. The highest BCUT2D eigenvalue weighted by Crippen LogP contribution is 2.34. The Hall–Kier alpha value is -3.86. The molecule has 172 valence electrons. The molecule has 0 bridgehead atoms. The number of methoxy groups -OCH3 is 1. The molecule has 9 nitrogen and oxygen atoms in total. The number of carboxylic acids is 1. The van der Waals surface area contributed by atoms with Crippen LogP contribution in [0.15, 0.2) is 47.4 Å². The summed E-state index contributed by atoms with van der Waals surface area (Å²) in [7, 11) is 1.37. The zero-order chi connectivity index (χ0) is 24.1. The van der Waals surface area contributed by atoms with Gasteiger partial charge in [-0.05, 0) is 54.6 Å². The average Bonchev–Trinajstić information content (AvgIpc) is 3.03. The number of carbonyl (C=O) groups is 4. The minimum atomic E-state index is -1.14. The predicted molar refractivity (Wildman–Crippen MR) is 118 cm³/mol. The number of ether oxygens (including phenoxy) is 2. The van der Waals surface area contributed by atoms with Crippen LogP contribution in [0, 0.1) is 5.82 Å². The third-order valence-electron chi connectivity index (χ3n) is 4.46. The summed E-state index contributed by atoms with van der Waals surface area (Å²) in [6, 6.07) is 10.1. The number of halogens is 1. The van der Waals surface area contributed by atoms with Crippen molar-refractivity contribution >= 4 is 46.5 Å². The number of rotatable bonds is 8. The van der Waals surface area contributed by atoms with Crippen LogP contribution in [0.3, 0.4) is 0 Å². The molecule has 0 aliphatic carbocycles. The molecule has 3 rings (SSSR count). The number of nitrogens with one attached hydrogen (secondary N) is 1. The van der Waals surface area contributed by atoms with E-state index in [9.17, 15) is 23.6 Å². The number of carboxylic acid groups (broad SMARTS) is 1. The number of thioether (sulfide) groups is 1. The molecule has 11 heteroatoms. The summed E-state index contributed by atoms with van der Waals surface area (Å²) in [5.74, 6) is -2.75. The van der Waals surface area contributed by atoms with Crippen LogP contribution in [0.1, 0.15) is 12.5 Å². The second-order valence-corrected chi connectivity index (χ2v) is 7.80. The van der Waals surface area contributed by atoms with Gasteiger partial charge in [0.15, 0.2) is 17.6 Å². The molecule has 2 aromatic rings. The van der Waals surface area contributed by atoms with Crippen LogP contribution in [0.5, 0.6) is 11.5 Å². The molecule has 1 aliphatic heterocycles. The van der Waals surface area contributed by atoms with Gasteiger partial charge in [-0.2, -0.15) is 0 Å². The predicted octanol–water partition coefficient (Wildman–Crippen LogP) is 3.36. The van der Waals surface area contributed by atoms with E-state index in [1.165, 1.54) is 56.5 Å². The first-order valence-electron chi connectivity index (χ1n) is 9.57. The fourth-order valence-corrected chi connectivity index (χ4v) is 3.63. The Balaban J connectivity index is 1.73. The molecular formula is C22H19FN2O7S. The molecule has 0 saturated carbocycles. The molecule has 0 spiro atoms. The van der Waals surface area contributed by atoms with Crippen LogP contribution in [-0.2, 0) is 14.4 Å². The summed E-state index contributed by atoms with van der Waals surface area (Å²) < 4.78 is 24.2. The highest BCUT2D eigenvalue weighted by Gasteiger charge is 2.36. The van der Waals surface area contributed by atoms with Crippen molar-refractivity contribution in [2.24, 2.45) is 0 Å². The SMILES string of the molecule is COc1cc(/C=C2\SC(=O)N(CC(=O)Nc3ccccc3F)C2=O)ccc1OC(C)C(=O)O. The van der Waals surface area contributed by atoms with Crippen LogP contribution >= 0.6 is 11.8 Å². The Bertz CT molecular complexity index is 1150. The fourth-order valence-electron chi connectivity index (χ4n) is 2.80. The van der Waals surface area contributed by atoms with Crippen molar-refractivity contribution in [3.8, 4) is 11.5 Å². The smallest absolute Gasteiger partial charge is 0.344 e. The summed E-state index contributed by atoms with van der Waals surface area (Å²) >= 11 is 0.655. The second-order valence-electron chi connectivity index (χ2n) is 6.80. The molecular weight excluding hydrogens is 455 g/mol. The monoisotopic (exact) mass is 474 g/mol. The minimum Gasteiger partial charge on any atom is -0.493 e. The number of hydrogen-bond acceptors (Lipinski definition) is 7. The summed E-state index contributed by atoms with van der Waals surface area (Å²) in [5.41, 5.74) is 0.431. The quantitative estimate of drug-likeness (QED) is 0.559. The fraction of sp³-hybridized carbons (Fsp3) is 0.182. The van der Waals surface area contributed by atoms with Gasteiger partial charge in [-0.1, -0.05) is 18.2 Å². The normalized spacial score (nSPS) is 15.5. The first-order chi connectivity index (χ1) is 15.7. The number of nitrogens with zero attached hydrogens (tertiary/aromatic N) is 1. The van der Waals surface area contributed by atoms with Gasteiger partial charge in [0.05, 0.1) is 17.7 Å². The number of anilines is 1. The standard InChI is InChI=1S/C22H19FN2O7S/c1-12(21(28)29)32-16-8-7-13(9-17(16)31-2)10-18-20(27)25(22(30)33-18)11-19(26)24-15-6-4-3-5-14(15)23/h3-10,12H,11H2,1-2H3,(H,24,26)(H,28,29)/b18-10-. The zero-order valence-corrected chi connectivity index (χ0v) is 18.3. The van der Waals surface area contributed by atoms with Crippen molar-refractivity contribution in [2.45, 2.75) is 13.0 Å². The molecule has 0 radical (unpaired) electrons. The van der Waals surface area contributed by atoms with Crippen molar-refractivity contribution in [2.75, 3.05) is 19.0 Å². The van der Waals surface area contributed by atoms with Crippen LogP contribution in [0.25, 0.3) is 6.08 Å². The molecule has 1 fully saturated rings. The number of benzene rings is 2. The van der Waals surface area contributed by atoms with Crippen LogP contribution in [0.2, 0.25) is 0 Å². The third-order valence-corrected chi connectivity index (χ3v) is 5.37. The highest BCUT2D eigenvalue weighted by atomic mass is 32.2. The number of amides is 3. The first kappa shape index (κ1) is 23.8. The molecule has 1 aliphatic rings. The maximum atomic E-state index is 13.7. The molecule has 0 aromatic heterocycles. The van der Waals surface area contributed by atoms with Crippen LogP contribution in [0.4, 0.5) is 14.9 Å². The topological polar surface area (TPSA) is 122 Å². The number of aliphatic carboxylic acids is 1. The lowest BCUT2D eigenvalue weighted by atomic mass is 10.1. The summed E-state index contributed by atoms with van der Waals surface area (Å²) in [5, 5.41) is 10.7. The van der Waals surface area contributed by atoms with Gasteiger partial charge in [0.2, 0.25) is 5.91 Å². The first-order valence-corrected chi connectivity index (χ1v) is 10.4. The molecule has 1 atom stereocenters. The van der Waals surface area contributed by atoms with Gasteiger partial charge in [-0.25, -0.2) is 9.18 Å². The van der Waals surface area contributed by atoms with Gasteiger partial charge in [-0.15, -0.1) is 0 Å². The third kappa shape index (κ3) is 5.69. The lowest BCUT2D eigenvalue weighted by Gasteiger charge is -2.14. The molecule has 3 amide bonds. The number of carbonyl (C=O) groups excluding carboxylic acids is 3. The van der Waals surface area contributed by atoms with E-state index in [1.807, 2.05) is 0 Å². The van der Waals surface area contributed by atoms with Gasteiger partial charge < -0.3 is 19.9 Å². The molecule has 2 aromatic carbocycles. The van der Waals surface area contributed by atoms with Crippen molar-refractivity contribution < 1.29 is 38.1 Å². The Morgan fingerprint density at radius 3 is 2.61 bits per heavy atom. The molecule has 2 N–H and O–H groups in total. The van der Waals surface area contributed by atoms with Crippen molar-refractivity contribution in [3.05, 3.63) is 58.8 Å². The summed E-state index contributed by atoms with van der Waals surface area (Å²) in [6.45, 7) is 0.799. The average molecular weight is 474 g/mol. The van der Waals surface area contributed by atoms with Crippen molar-refractivity contribution in [3.63, 3.8) is 0 Å². The minimum absolute atomic E-state index is 0.0587. The van der Waals surface area contributed by atoms with Crippen LogP contribution in [-0.4, -0.2) is 52.8 Å². The van der Waals surface area contributed by atoms with E-state index in [2.05, 4.69) is 5.32 Å². The summed E-state index contributed by atoms with van der Waals surface area (Å²) in [4.78, 5) is 49.0. The Morgan fingerprint density at radius 1 is 1.21 bits per heavy atom. The van der Waals surface area contributed by atoms with Crippen molar-refractivity contribution in [1.82, 2.24) is 4.90 Å². The van der Waals surface area contributed by atoms with Crippen molar-refractivity contribution in [1.29, 1.82) is 0 Å². The number of para-hydroxylation sites is 1. The highest BCUT2D eigenvalue weighted by molar-refractivity contribution is 8.18. The zero-order valence-electron chi connectivity index (χ0n) is 17.5.